The van der Waals surface area contributed by atoms with Crippen molar-refractivity contribution in [2.45, 2.75) is 38.1 Å². The molecule has 3 N–H and O–H groups in total. The summed E-state index contributed by atoms with van der Waals surface area (Å²) in [4.78, 5) is 39.7. The molecule has 2 amide bonds. The molecule has 5 rings (SSSR count). The number of likely N-dealkylation sites (tertiary alicyclic amines) is 1. The highest BCUT2D eigenvalue weighted by atomic mass is 16.2. The second-order valence-electron chi connectivity index (χ2n) is 11.1. The summed E-state index contributed by atoms with van der Waals surface area (Å²) < 4.78 is 0. The standard InChI is InChI=1S/C31H31N5O3/c1-30(18-36(19-30)20-32)17-35-29(39)28(38)34-16-22-8-3-5-11-24(22)27(37)26(33)15-31(13-14-31)25-12-6-9-21-7-2-4-10-23(21)25/h2-12,33H,13-19H2,1H3,(H,34,38)(H,35,39). The van der Waals surface area contributed by atoms with Crippen molar-refractivity contribution >= 4 is 34.1 Å². The van der Waals surface area contributed by atoms with Gasteiger partial charge in [0, 0.05) is 49.0 Å². The number of hydrogen-bond acceptors (Lipinski definition) is 6. The molecule has 8 nitrogen and oxygen atoms in total. The van der Waals surface area contributed by atoms with Crippen LogP contribution in [-0.4, -0.2) is 47.8 Å². The molecule has 0 radical (unpaired) electrons. The van der Waals surface area contributed by atoms with E-state index in [1.165, 1.54) is 5.56 Å². The van der Waals surface area contributed by atoms with Crippen LogP contribution < -0.4 is 10.6 Å². The first-order valence-corrected chi connectivity index (χ1v) is 13.1. The Kier molecular flexibility index (Phi) is 6.92. The number of nitriles is 1. The molecule has 8 heteroatoms. The Morgan fingerprint density at radius 3 is 2.36 bits per heavy atom. The highest BCUT2D eigenvalue weighted by molar-refractivity contribution is 6.45. The Morgan fingerprint density at radius 2 is 1.62 bits per heavy atom. The number of benzene rings is 3. The predicted molar refractivity (Wildman–Crippen MR) is 148 cm³/mol. The Labute approximate surface area is 227 Å². The number of fused-ring (bicyclic) bond motifs is 1. The largest absolute Gasteiger partial charge is 0.347 e. The van der Waals surface area contributed by atoms with E-state index in [9.17, 15) is 14.4 Å². The minimum atomic E-state index is -0.791. The summed E-state index contributed by atoms with van der Waals surface area (Å²) >= 11 is 0. The van der Waals surface area contributed by atoms with E-state index in [0.717, 1.165) is 23.6 Å². The summed E-state index contributed by atoms with van der Waals surface area (Å²) in [5.74, 6) is -1.91. The van der Waals surface area contributed by atoms with Gasteiger partial charge >= 0.3 is 11.8 Å². The number of hydrogen-bond donors (Lipinski definition) is 3. The van der Waals surface area contributed by atoms with Crippen molar-refractivity contribution in [1.82, 2.24) is 15.5 Å². The number of Topliss-reactive ketones (excluding diaryl/α,β-unsaturated/α-hetero) is 1. The summed E-state index contributed by atoms with van der Waals surface area (Å²) in [6.07, 6.45) is 4.26. The van der Waals surface area contributed by atoms with Gasteiger partial charge < -0.3 is 20.9 Å². The number of nitrogens with one attached hydrogen (secondary N) is 3. The number of amides is 2. The molecular formula is C31H31N5O3. The summed E-state index contributed by atoms with van der Waals surface area (Å²) in [7, 11) is 0. The normalized spacial score (nSPS) is 16.5. The summed E-state index contributed by atoms with van der Waals surface area (Å²) in [5.41, 5.74) is 1.68. The summed E-state index contributed by atoms with van der Waals surface area (Å²) in [5, 5.41) is 25.1. The highest BCUT2D eigenvalue weighted by Gasteiger charge is 2.46. The molecule has 0 aromatic heterocycles. The molecule has 0 bridgehead atoms. The van der Waals surface area contributed by atoms with E-state index in [1.54, 1.807) is 29.2 Å². The molecule has 39 heavy (non-hydrogen) atoms. The lowest BCUT2D eigenvalue weighted by atomic mass is 9.82. The number of carbonyl (C=O) groups is 3. The lowest BCUT2D eigenvalue weighted by Crippen LogP contribution is -2.58. The quantitative estimate of drug-likeness (QED) is 0.171. The molecule has 0 atom stereocenters. The second-order valence-corrected chi connectivity index (χ2v) is 11.1. The molecule has 2 aliphatic rings. The van der Waals surface area contributed by atoms with E-state index < -0.39 is 11.8 Å². The molecule has 2 fully saturated rings. The van der Waals surface area contributed by atoms with E-state index >= 15 is 0 Å². The number of carbonyl (C=O) groups excluding carboxylic acids is 3. The van der Waals surface area contributed by atoms with Gasteiger partial charge in [-0.15, -0.1) is 0 Å². The molecule has 1 heterocycles. The fraction of sp³-hybridized carbons (Fsp3) is 0.323. The van der Waals surface area contributed by atoms with Crippen LogP contribution in [0.4, 0.5) is 0 Å². The van der Waals surface area contributed by atoms with Crippen molar-refractivity contribution in [3.63, 3.8) is 0 Å². The maximum atomic E-state index is 13.4. The van der Waals surface area contributed by atoms with Crippen LogP contribution in [0.25, 0.3) is 10.8 Å². The summed E-state index contributed by atoms with van der Waals surface area (Å²) in [6.45, 7) is 3.31. The molecule has 0 unspecified atom stereocenters. The Bertz CT molecular complexity index is 1510. The fourth-order valence-corrected chi connectivity index (χ4v) is 5.54. The van der Waals surface area contributed by atoms with Crippen molar-refractivity contribution in [2.24, 2.45) is 5.41 Å². The molecule has 3 aromatic carbocycles. The summed E-state index contributed by atoms with van der Waals surface area (Å²) in [6, 6.07) is 21.3. The van der Waals surface area contributed by atoms with Gasteiger partial charge in [-0.3, -0.25) is 14.4 Å². The molecule has 1 aliphatic heterocycles. The third-order valence-corrected chi connectivity index (χ3v) is 7.87. The first-order chi connectivity index (χ1) is 18.7. The van der Waals surface area contributed by atoms with Crippen molar-refractivity contribution in [2.75, 3.05) is 19.6 Å². The van der Waals surface area contributed by atoms with E-state index in [2.05, 4.69) is 41.1 Å². The predicted octanol–water partition coefficient (Wildman–Crippen LogP) is 3.70. The van der Waals surface area contributed by atoms with Crippen molar-refractivity contribution in [3.05, 3.63) is 83.4 Å². The van der Waals surface area contributed by atoms with Gasteiger partial charge in [-0.2, -0.15) is 5.26 Å². The maximum Gasteiger partial charge on any atom is 0.309 e. The number of ketones is 1. The van der Waals surface area contributed by atoms with E-state index in [1.807, 2.05) is 25.1 Å². The second kappa shape index (κ2) is 10.3. The third kappa shape index (κ3) is 5.39. The fourth-order valence-electron chi connectivity index (χ4n) is 5.54. The van der Waals surface area contributed by atoms with Gasteiger partial charge in [0.2, 0.25) is 5.78 Å². The molecule has 1 aliphatic carbocycles. The van der Waals surface area contributed by atoms with Gasteiger partial charge in [0.25, 0.3) is 0 Å². The molecule has 1 saturated carbocycles. The van der Waals surface area contributed by atoms with Gasteiger partial charge in [0.15, 0.2) is 6.19 Å². The molecule has 198 valence electrons. The Morgan fingerprint density at radius 1 is 0.949 bits per heavy atom. The molecule has 1 saturated heterocycles. The lowest BCUT2D eigenvalue weighted by molar-refractivity contribution is -0.139. The van der Waals surface area contributed by atoms with Crippen molar-refractivity contribution in [3.8, 4) is 6.19 Å². The molecule has 3 aromatic rings. The van der Waals surface area contributed by atoms with E-state index in [4.69, 9.17) is 10.7 Å². The van der Waals surface area contributed by atoms with Crippen LogP contribution in [0.15, 0.2) is 66.7 Å². The topological polar surface area (TPSA) is 126 Å². The lowest BCUT2D eigenvalue weighted by Gasteiger charge is -2.44. The smallest absolute Gasteiger partial charge is 0.309 e. The average molecular weight is 522 g/mol. The first kappa shape index (κ1) is 26.1. The number of rotatable bonds is 9. The van der Waals surface area contributed by atoms with Gasteiger partial charge in [0.05, 0.1) is 5.71 Å². The average Bonchev–Trinajstić information content (AvgIpc) is 3.72. The number of nitrogens with zero attached hydrogens (tertiary/aromatic N) is 2. The van der Waals surface area contributed by atoms with Crippen LogP contribution in [0, 0.1) is 22.3 Å². The molecule has 0 spiro atoms. The van der Waals surface area contributed by atoms with Crippen LogP contribution in [0.5, 0.6) is 0 Å². The monoisotopic (exact) mass is 521 g/mol. The van der Waals surface area contributed by atoms with Crippen molar-refractivity contribution in [1.29, 1.82) is 10.7 Å². The van der Waals surface area contributed by atoms with E-state index in [0.29, 0.717) is 37.2 Å². The van der Waals surface area contributed by atoms with Crippen LogP contribution in [-0.2, 0) is 21.5 Å². The maximum absolute atomic E-state index is 13.4. The Balaban J connectivity index is 1.21. The zero-order chi connectivity index (χ0) is 27.6. The van der Waals surface area contributed by atoms with Gasteiger partial charge in [-0.25, -0.2) is 0 Å². The zero-order valence-corrected chi connectivity index (χ0v) is 21.9. The highest BCUT2D eigenvalue weighted by Crippen LogP contribution is 2.53. The zero-order valence-electron chi connectivity index (χ0n) is 21.9. The van der Waals surface area contributed by atoms with E-state index in [-0.39, 0.29) is 28.9 Å². The minimum Gasteiger partial charge on any atom is -0.347 e. The van der Waals surface area contributed by atoms with Crippen LogP contribution in [0.1, 0.15) is 47.7 Å². The van der Waals surface area contributed by atoms with Crippen molar-refractivity contribution < 1.29 is 14.4 Å². The van der Waals surface area contributed by atoms with Crippen LogP contribution >= 0.6 is 0 Å². The van der Waals surface area contributed by atoms with Crippen LogP contribution in [0.2, 0.25) is 0 Å². The molecular weight excluding hydrogens is 490 g/mol. The van der Waals surface area contributed by atoms with Gasteiger partial charge in [0.1, 0.15) is 0 Å². The van der Waals surface area contributed by atoms with Crippen LogP contribution in [0.3, 0.4) is 0 Å². The Hall–Kier alpha value is -4.51. The van der Waals surface area contributed by atoms with Gasteiger partial charge in [-0.1, -0.05) is 73.7 Å². The van der Waals surface area contributed by atoms with Gasteiger partial charge in [-0.05, 0) is 34.7 Å². The third-order valence-electron chi connectivity index (χ3n) is 7.87. The minimum absolute atomic E-state index is 0.00457. The first-order valence-electron chi connectivity index (χ1n) is 13.1. The SMILES string of the molecule is CC1(CNC(=O)C(=O)NCc2ccccc2C(=O)C(=N)CC2(c3cccc4ccccc34)CC2)CN(C#N)C1.